The second-order valence-electron chi connectivity index (χ2n) is 7.10. The molecule has 1 aliphatic rings. The number of aryl methyl sites for hydroxylation is 2. The second kappa shape index (κ2) is 8.32. The smallest absolute Gasteiger partial charge is 0.263 e. The quantitative estimate of drug-likeness (QED) is 0.598. The number of hydrogen-bond donors (Lipinski definition) is 1. The number of hydrogen-bond acceptors (Lipinski definition) is 5. The minimum Gasteiger partial charge on any atom is -0.332 e. The highest BCUT2D eigenvalue weighted by molar-refractivity contribution is 8.00. The van der Waals surface area contributed by atoms with E-state index in [4.69, 9.17) is 4.98 Å². The molecule has 0 aromatic carbocycles. The molecular weight excluding hydrogens is 380 g/mol. The average molecular weight is 410 g/mol. The summed E-state index contributed by atoms with van der Waals surface area (Å²) in [6.45, 7) is 15.4. The van der Waals surface area contributed by atoms with Crippen LogP contribution in [0, 0.1) is 13.8 Å². The van der Waals surface area contributed by atoms with Crippen molar-refractivity contribution in [1.29, 1.82) is 0 Å². The van der Waals surface area contributed by atoms with Gasteiger partial charge in [0, 0.05) is 11.4 Å². The van der Waals surface area contributed by atoms with Gasteiger partial charge in [-0.05, 0) is 40.2 Å². The van der Waals surface area contributed by atoms with Crippen LogP contribution in [0.25, 0.3) is 10.2 Å². The Labute approximate surface area is 168 Å². The number of nitrogens with one attached hydrogen (secondary N) is 1. The van der Waals surface area contributed by atoms with E-state index in [-0.39, 0.29) is 16.7 Å². The lowest BCUT2D eigenvalue weighted by molar-refractivity contribution is -0.902. The molecule has 0 spiro atoms. The fourth-order valence-electron chi connectivity index (χ4n) is 3.54. The van der Waals surface area contributed by atoms with Crippen molar-refractivity contribution in [3.8, 4) is 0 Å². The maximum Gasteiger partial charge on any atom is 0.263 e. The Kier molecular flexibility index (Phi) is 6.28. The molecule has 0 aliphatic carbocycles. The lowest BCUT2D eigenvalue weighted by atomic mass is 10.2. The van der Waals surface area contributed by atoms with E-state index in [1.807, 2.05) is 32.6 Å². The van der Waals surface area contributed by atoms with Crippen LogP contribution in [-0.4, -0.2) is 58.3 Å². The van der Waals surface area contributed by atoms with Crippen molar-refractivity contribution in [3.05, 3.63) is 20.8 Å². The first-order chi connectivity index (χ1) is 12.9. The number of nitrogens with zero attached hydrogens (tertiary/aromatic N) is 3. The zero-order valence-corrected chi connectivity index (χ0v) is 18.4. The number of quaternary nitrogens is 1. The minimum absolute atomic E-state index is 0.00617. The molecule has 0 unspecified atom stereocenters. The zero-order chi connectivity index (χ0) is 19.7. The molecule has 27 heavy (non-hydrogen) atoms. The Bertz CT molecular complexity index is 897. The molecule has 1 N–H and O–H groups in total. The number of thioether (sulfide) groups is 1. The molecule has 2 aromatic heterocycles. The first kappa shape index (κ1) is 20.4. The van der Waals surface area contributed by atoms with Crippen molar-refractivity contribution in [3.63, 3.8) is 0 Å². The van der Waals surface area contributed by atoms with E-state index >= 15 is 0 Å². The Morgan fingerprint density at radius 3 is 2.56 bits per heavy atom. The number of aromatic nitrogens is 2. The predicted octanol–water partition coefficient (Wildman–Crippen LogP) is 1.32. The van der Waals surface area contributed by atoms with E-state index in [0.717, 1.165) is 53.4 Å². The Morgan fingerprint density at radius 1 is 1.30 bits per heavy atom. The molecule has 0 saturated carbocycles. The van der Waals surface area contributed by atoms with Crippen LogP contribution in [0.2, 0.25) is 0 Å². The summed E-state index contributed by atoms with van der Waals surface area (Å²) >= 11 is 2.96. The number of thiophene rings is 1. The monoisotopic (exact) mass is 409 g/mol. The highest BCUT2D eigenvalue weighted by Gasteiger charge is 2.28. The molecule has 0 radical (unpaired) electrons. The molecule has 1 fully saturated rings. The summed E-state index contributed by atoms with van der Waals surface area (Å²) in [6, 6.07) is 0. The van der Waals surface area contributed by atoms with Gasteiger partial charge in [0.15, 0.2) is 5.16 Å². The highest BCUT2D eigenvalue weighted by atomic mass is 32.2. The van der Waals surface area contributed by atoms with Crippen molar-refractivity contribution in [1.82, 2.24) is 14.5 Å². The Morgan fingerprint density at radius 2 is 1.96 bits per heavy atom. The number of carbonyl (C=O) groups is 1. The third kappa shape index (κ3) is 3.93. The SMILES string of the molecule is CCn1c(S[C@@H](C)C(=O)N2CC[NH+](CC)CC2)nc2sc(C)c(C)c2c1=O. The molecule has 1 atom stereocenters. The number of fused-ring (bicyclic) bond motifs is 1. The maximum atomic E-state index is 13.0. The third-order valence-electron chi connectivity index (χ3n) is 5.48. The molecule has 2 aromatic rings. The molecule has 3 heterocycles. The van der Waals surface area contributed by atoms with Gasteiger partial charge in [-0.3, -0.25) is 14.2 Å². The van der Waals surface area contributed by atoms with Crippen LogP contribution in [0.15, 0.2) is 9.95 Å². The topological polar surface area (TPSA) is 59.6 Å². The molecule has 0 bridgehead atoms. The Hall–Kier alpha value is -1.38. The molecule has 1 aliphatic heterocycles. The number of likely N-dealkylation sites (N-methyl/N-ethyl adjacent to an activating group) is 1. The standard InChI is InChI=1S/C19H28N4O2S2/c1-6-21-8-10-22(11-9-21)17(24)14(5)27-19-20-16-15(12(3)13(4)26-16)18(25)23(19)7-2/h14H,6-11H2,1-5H3/p+1/t14-/m0/s1. The minimum atomic E-state index is -0.252. The van der Waals surface area contributed by atoms with Crippen LogP contribution < -0.4 is 10.5 Å². The van der Waals surface area contributed by atoms with Gasteiger partial charge >= 0.3 is 0 Å². The van der Waals surface area contributed by atoms with Crippen LogP contribution in [0.3, 0.4) is 0 Å². The van der Waals surface area contributed by atoms with Gasteiger partial charge in [-0.25, -0.2) is 4.98 Å². The van der Waals surface area contributed by atoms with E-state index in [1.165, 1.54) is 11.8 Å². The summed E-state index contributed by atoms with van der Waals surface area (Å²) in [5.74, 6) is 0.144. The number of rotatable bonds is 5. The first-order valence-corrected chi connectivity index (χ1v) is 11.4. The van der Waals surface area contributed by atoms with Crippen molar-refractivity contribution in [2.45, 2.75) is 51.6 Å². The highest BCUT2D eigenvalue weighted by Crippen LogP contribution is 2.30. The summed E-state index contributed by atoms with van der Waals surface area (Å²) in [6.07, 6.45) is 0. The van der Waals surface area contributed by atoms with Gasteiger partial charge in [-0.1, -0.05) is 11.8 Å². The van der Waals surface area contributed by atoms with Crippen molar-refractivity contribution < 1.29 is 9.69 Å². The number of carbonyl (C=O) groups excluding carboxylic acids is 1. The second-order valence-corrected chi connectivity index (χ2v) is 9.61. The summed E-state index contributed by atoms with van der Waals surface area (Å²) in [5, 5.41) is 1.12. The molecule has 1 amide bonds. The Balaban J connectivity index is 1.83. The van der Waals surface area contributed by atoms with Crippen molar-refractivity contribution in [2.24, 2.45) is 0 Å². The van der Waals surface area contributed by atoms with E-state index < -0.39 is 0 Å². The fraction of sp³-hybridized carbons (Fsp3) is 0.632. The maximum absolute atomic E-state index is 13.0. The van der Waals surface area contributed by atoms with Crippen molar-refractivity contribution >= 4 is 39.2 Å². The van der Waals surface area contributed by atoms with Gasteiger partial charge < -0.3 is 9.80 Å². The van der Waals surface area contributed by atoms with Gasteiger partial charge in [-0.2, -0.15) is 0 Å². The third-order valence-corrected chi connectivity index (χ3v) is 7.66. The van der Waals surface area contributed by atoms with Crippen LogP contribution in [0.4, 0.5) is 0 Å². The lowest BCUT2D eigenvalue weighted by Crippen LogP contribution is -3.14. The first-order valence-electron chi connectivity index (χ1n) is 9.66. The van der Waals surface area contributed by atoms with E-state index in [1.54, 1.807) is 20.8 Å². The molecular formula is C19H29N4O2S2+. The van der Waals surface area contributed by atoms with Crippen LogP contribution in [0.5, 0.6) is 0 Å². The zero-order valence-electron chi connectivity index (χ0n) is 16.8. The summed E-state index contributed by atoms with van der Waals surface area (Å²) in [4.78, 5) is 36.0. The van der Waals surface area contributed by atoms with Gasteiger partial charge in [0.05, 0.1) is 43.4 Å². The number of amides is 1. The van der Waals surface area contributed by atoms with Crippen LogP contribution in [0.1, 0.15) is 31.2 Å². The summed E-state index contributed by atoms with van der Waals surface area (Å²) in [7, 11) is 0. The normalized spacial score (nSPS) is 16.9. The van der Waals surface area contributed by atoms with Gasteiger partial charge in [-0.15, -0.1) is 11.3 Å². The molecule has 1 saturated heterocycles. The van der Waals surface area contributed by atoms with Crippen molar-refractivity contribution in [2.75, 3.05) is 32.7 Å². The van der Waals surface area contributed by atoms with Gasteiger partial charge in [0.1, 0.15) is 4.83 Å². The van der Waals surface area contributed by atoms with Gasteiger partial charge in [0.2, 0.25) is 5.91 Å². The van der Waals surface area contributed by atoms with E-state index in [0.29, 0.717) is 11.7 Å². The molecule has 3 rings (SSSR count). The summed E-state index contributed by atoms with van der Waals surface area (Å²) in [5.41, 5.74) is 1.03. The van der Waals surface area contributed by atoms with Gasteiger partial charge in [0.25, 0.3) is 5.56 Å². The molecule has 6 nitrogen and oxygen atoms in total. The van der Waals surface area contributed by atoms with E-state index in [9.17, 15) is 9.59 Å². The average Bonchev–Trinajstić information content (AvgIpc) is 2.95. The lowest BCUT2D eigenvalue weighted by Gasteiger charge is -2.33. The molecule has 8 heteroatoms. The summed E-state index contributed by atoms with van der Waals surface area (Å²) < 4.78 is 1.70. The van der Waals surface area contributed by atoms with Crippen LogP contribution >= 0.6 is 23.1 Å². The molecule has 148 valence electrons. The predicted molar refractivity (Wildman–Crippen MR) is 112 cm³/mol. The largest absolute Gasteiger partial charge is 0.332 e. The fourth-order valence-corrected chi connectivity index (χ4v) is 5.67. The van der Waals surface area contributed by atoms with E-state index in [2.05, 4.69) is 6.92 Å². The van der Waals surface area contributed by atoms with Crippen LogP contribution in [-0.2, 0) is 11.3 Å². The number of piperazine rings is 1.